The second-order valence-corrected chi connectivity index (χ2v) is 2.62. The third-order valence-electron chi connectivity index (χ3n) is 1.02. The van der Waals surface area contributed by atoms with Crippen molar-refractivity contribution in [2.45, 2.75) is 5.75 Å². The molecule has 0 fully saturated rings. The molecule has 0 aliphatic carbocycles. The average molecular weight is 334 g/mol. The van der Waals surface area contributed by atoms with E-state index in [9.17, 15) is 0 Å². The monoisotopic (exact) mass is 334 g/mol. The van der Waals surface area contributed by atoms with Crippen LogP contribution in [0.5, 0.6) is 0 Å². The maximum Gasteiger partial charge on any atom is 2.00 e. The number of pyridine rings is 1. The molecule has 3 heteroatoms. The van der Waals surface area contributed by atoms with E-state index in [1.54, 1.807) is 11.8 Å². The van der Waals surface area contributed by atoms with E-state index in [1.165, 1.54) is 0 Å². The van der Waals surface area contributed by atoms with E-state index < -0.39 is 0 Å². The van der Waals surface area contributed by atoms with Gasteiger partial charge in [-0.25, -0.2) is 0 Å². The van der Waals surface area contributed by atoms with Crippen LogP contribution in [0.25, 0.3) is 0 Å². The summed E-state index contributed by atoms with van der Waals surface area (Å²) in [6, 6.07) is 5.98. The molecule has 0 atom stereocenters. The van der Waals surface area contributed by atoms with E-state index in [0.29, 0.717) is 0 Å². The molecule has 1 rings (SSSR count). The Balaban J connectivity index is 0.000000810. The topological polar surface area (TPSA) is 12.9 Å². The number of aromatic nitrogens is 1. The van der Waals surface area contributed by atoms with Crippen molar-refractivity contribution in [3.8, 4) is 0 Å². The van der Waals surface area contributed by atoms with Gasteiger partial charge < -0.3 is 0 Å². The Morgan fingerprint density at radius 2 is 2.30 bits per heavy atom. The molecule has 1 aromatic rings. The van der Waals surface area contributed by atoms with Gasteiger partial charge in [-0.2, -0.15) is 11.8 Å². The summed E-state index contributed by atoms with van der Waals surface area (Å²) >= 11 is 1.79. The molecule has 0 aliphatic rings. The molecule has 0 N–H and O–H groups in total. The number of nitrogens with zero attached hydrogens (tertiary/aromatic N) is 1. The minimum absolute atomic E-state index is 0. The first-order valence-electron chi connectivity index (χ1n) is 2.82. The quantitative estimate of drug-likeness (QED) is 0.820. The number of hydrogen-bond donors (Lipinski definition) is 0. The summed E-state index contributed by atoms with van der Waals surface area (Å²) in [7, 11) is 0. The van der Waals surface area contributed by atoms with Crippen LogP contribution in [0.4, 0.5) is 0 Å². The number of thioether (sulfide) groups is 1. The van der Waals surface area contributed by atoms with Crippen molar-refractivity contribution in [3.63, 3.8) is 0 Å². The van der Waals surface area contributed by atoms with Gasteiger partial charge in [0.15, 0.2) is 0 Å². The van der Waals surface area contributed by atoms with E-state index in [1.807, 2.05) is 24.4 Å². The molecule has 56 valence electrons. The zero-order chi connectivity index (χ0) is 6.53. The van der Waals surface area contributed by atoms with Crippen LogP contribution >= 0.6 is 11.8 Å². The molecule has 0 spiro atoms. The van der Waals surface area contributed by atoms with Crippen molar-refractivity contribution in [2.24, 2.45) is 0 Å². The van der Waals surface area contributed by atoms with Crippen LogP contribution in [0, 0.1) is 0 Å². The molecule has 1 heterocycles. The van der Waals surface area contributed by atoms with Gasteiger partial charge in [-0.1, -0.05) is 6.07 Å². The summed E-state index contributed by atoms with van der Waals surface area (Å²) < 4.78 is 0. The van der Waals surface area contributed by atoms with Crippen LogP contribution in [0.1, 0.15) is 5.69 Å². The molecule has 0 saturated heterocycles. The van der Waals surface area contributed by atoms with Crippen LogP contribution < -0.4 is 0 Å². The first-order chi connectivity index (χ1) is 4.43. The predicted molar refractivity (Wildman–Crippen MR) is 41.5 cm³/mol. The normalized spacial score (nSPS) is 8.50. The maximum absolute atomic E-state index is 4.15. The van der Waals surface area contributed by atoms with Crippen molar-refractivity contribution in [3.05, 3.63) is 30.1 Å². The van der Waals surface area contributed by atoms with Gasteiger partial charge in [-0.15, -0.1) is 0 Å². The first-order valence-corrected chi connectivity index (χ1v) is 4.21. The Hall–Kier alpha value is 0.188. The summed E-state index contributed by atoms with van der Waals surface area (Å²) in [6.45, 7) is 0. The minimum Gasteiger partial charge on any atom is -0.260 e. The summed E-state index contributed by atoms with van der Waals surface area (Å²) in [6.07, 6.45) is 3.90. The predicted octanol–water partition coefficient (Wildman–Crippen LogP) is 1.94. The van der Waals surface area contributed by atoms with E-state index in [4.69, 9.17) is 0 Å². The molecule has 10 heavy (non-hydrogen) atoms. The van der Waals surface area contributed by atoms with E-state index in [2.05, 4.69) is 11.2 Å². The van der Waals surface area contributed by atoms with Crippen LogP contribution in [0.15, 0.2) is 24.4 Å². The maximum atomic E-state index is 4.15. The largest absolute Gasteiger partial charge is 2.00 e. The molecule has 0 radical (unpaired) electrons. The van der Waals surface area contributed by atoms with Gasteiger partial charge in [0, 0.05) is 11.9 Å². The third-order valence-corrected chi connectivity index (χ3v) is 1.60. The second-order valence-electron chi connectivity index (χ2n) is 1.75. The molecular weight excluding hydrogens is 325 g/mol. The van der Waals surface area contributed by atoms with Crippen molar-refractivity contribution in [1.82, 2.24) is 4.98 Å². The van der Waals surface area contributed by atoms with Crippen LogP contribution in [-0.2, 0) is 26.8 Å². The van der Waals surface area contributed by atoms with Gasteiger partial charge in [0.1, 0.15) is 0 Å². The zero-order valence-corrected chi connectivity index (χ0v) is 8.78. The minimum atomic E-state index is 0. The van der Waals surface area contributed by atoms with Crippen molar-refractivity contribution < 1.29 is 21.1 Å². The Labute approximate surface area is 79.9 Å². The van der Waals surface area contributed by atoms with Crippen molar-refractivity contribution >= 4 is 11.8 Å². The Kier molecular flexibility index (Phi) is 6.05. The van der Waals surface area contributed by atoms with Gasteiger partial charge in [0.05, 0.1) is 5.69 Å². The van der Waals surface area contributed by atoms with Crippen molar-refractivity contribution in [2.75, 3.05) is 6.26 Å². The molecule has 0 unspecified atom stereocenters. The smallest absolute Gasteiger partial charge is 0.260 e. The molecule has 0 amide bonds. The fraction of sp³-hybridized carbons (Fsp3) is 0.286. The van der Waals surface area contributed by atoms with Gasteiger partial charge in [-0.3, -0.25) is 4.98 Å². The summed E-state index contributed by atoms with van der Waals surface area (Å²) in [5.74, 6) is 1.01. The van der Waals surface area contributed by atoms with Crippen LogP contribution in [0.3, 0.4) is 0 Å². The molecule has 0 saturated carbocycles. The van der Waals surface area contributed by atoms with Crippen LogP contribution in [-0.4, -0.2) is 11.2 Å². The van der Waals surface area contributed by atoms with E-state index in [-0.39, 0.29) is 21.1 Å². The standard InChI is InChI=1S/C7H9NS.Pt/c1-9-6-7-4-2-3-5-8-7;/h2-5H,6H2,1H3;/q;+2. The van der Waals surface area contributed by atoms with Gasteiger partial charge >= 0.3 is 21.1 Å². The van der Waals surface area contributed by atoms with E-state index >= 15 is 0 Å². The number of rotatable bonds is 2. The molecule has 1 aromatic heterocycles. The summed E-state index contributed by atoms with van der Waals surface area (Å²) in [4.78, 5) is 4.15. The molecule has 0 aromatic carbocycles. The molecule has 1 nitrogen and oxygen atoms in total. The molecule has 0 aliphatic heterocycles. The second kappa shape index (κ2) is 5.93. The Morgan fingerprint density at radius 3 is 2.80 bits per heavy atom. The fourth-order valence-corrected chi connectivity index (χ4v) is 1.10. The summed E-state index contributed by atoms with van der Waals surface area (Å²) in [5, 5.41) is 0. The van der Waals surface area contributed by atoms with Crippen LogP contribution in [0.2, 0.25) is 0 Å². The number of hydrogen-bond acceptors (Lipinski definition) is 2. The average Bonchev–Trinajstić information content (AvgIpc) is 1.91. The third kappa shape index (κ3) is 3.38. The molecule has 0 bridgehead atoms. The first kappa shape index (κ1) is 10.2. The summed E-state index contributed by atoms with van der Waals surface area (Å²) in [5.41, 5.74) is 1.16. The Bertz CT molecular complexity index is 167. The fourth-order valence-electron chi connectivity index (χ4n) is 0.631. The zero-order valence-electron chi connectivity index (χ0n) is 5.69. The SMILES string of the molecule is CSCc1ccccn1.[Pt+2]. The van der Waals surface area contributed by atoms with Gasteiger partial charge in [-0.05, 0) is 18.4 Å². The van der Waals surface area contributed by atoms with E-state index in [0.717, 1.165) is 11.4 Å². The Morgan fingerprint density at radius 1 is 1.50 bits per heavy atom. The molecular formula is C7H9NPtS+2. The van der Waals surface area contributed by atoms with Gasteiger partial charge in [0.2, 0.25) is 0 Å². The van der Waals surface area contributed by atoms with Crippen molar-refractivity contribution in [1.29, 1.82) is 0 Å². The van der Waals surface area contributed by atoms with Gasteiger partial charge in [0.25, 0.3) is 0 Å².